The highest BCUT2D eigenvalue weighted by atomic mass is 16.2. The van der Waals surface area contributed by atoms with Gasteiger partial charge in [-0.05, 0) is 31.2 Å². The summed E-state index contributed by atoms with van der Waals surface area (Å²) in [4.78, 5) is 14.0. The van der Waals surface area contributed by atoms with Crippen LogP contribution in [0, 0.1) is 0 Å². The molecule has 2 rings (SSSR count). The fourth-order valence-electron chi connectivity index (χ4n) is 2.53. The molecule has 0 aliphatic carbocycles. The monoisotopic (exact) mass is 261 g/mol. The molecule has 0 radical (unpaired) electrons. The Morgan fingerprint density at radius 1 is 1.37 bits per heavy atom. The van der Waals surface area contributed by atoms with Crippen molar-refractivity contribution in [3.05, 3.63) is 35.9 Å². The second-order valence-corrected chi connectivity index (χ2v) is 5.32. The van der Waals surface area contributed by atoms with Gasteiger partial charge in [-0.2, -0.15) is 0 Å². The summed E-state index contributed by atoms with van der Waals surface area (Å²) in [5.41, 5.74) is 13.1. The molecule has 0 spiro atoms. The largest absolute Gasteiger partial charge is 0.340 e. The second kappa shape index (κ2) is 6.68. The molecule has 0 bridgehead atoms. The molecule has 0 aromatic heterocycles. The average molecular weight is 261 g/mol. The molecule has 1 aromatic rings. The zero-order chi connectivity index (χ0) is 13.7. The molecule has 19 heavy (non-hydrogen) atoms. The highest BCUT2D eigenvalue weighted by Gasteiger charge is 2.25. The average Bonchev–Trinajstić information content (AvgIpc) is 2.45. The molecule has 4 heteroatoms. The third-order valence-corrected chi connectivity index (χ3v) is 3.67. The molecule has 4 N–H and O–H groups in total. The van der Waals surface area contributed by atoms with Gasteiger partial charge in [0.1, 0.15) is 0 Å². The summed E-state index contributed by atoms with van der Waals surface area (Å²) in [6.07, 6.45) is 3.52. The standard InChI is InChI=1S/C15H23N3O/c16-13-7-4-10-18(11-13)15(19)14(17)9-8-12-5-2-1-3-6-12/h1-3,5-6,13-14H,4,7-11,16-17H2/t13-,14+/m1/s1. The summed E-state index contributed by atoms with van der Waals surface area (Å²) in [5.74, 6) is 0.0473. The van der Waals surface area contributed by atoms with Gasteiger partial charge in [0.25, 0.3) is 0 Å². The fraction of sp³-hybridized carbons (Fsp3) is 0.533. The number of likely N-dealkylation sites (tertiary alicyclic amines) is 1. The Morgan fingerprint density at radius 2 is 2.11 bits per heavy atom. The number of hydrogen-bond donors (Lipinski definition) is 2. The predicted octanol–water partition coefficient (Wildman–Crippen LogP) is 0.896. The van der Waals surface area contributed by atoms with Gasteiger partial charge in [-0.1, -0.05) is 30.3 Å². The molecule has 0 saturated carbocycles. The van der Waals surface area contributed by atoms with Crippen molar-refractivity contribution < 1.29 is 4.79 Å². The van der Waals surface area contributed by atoms with Gasteiger partial charge in [0.2, 0.25) is 5.91 Å². The lowest BCUT2D eigenvalue weighted by Crippen LogP contribution is -2.51. The van der Waals surface area contributed by atoms with Crippen molar-refractivity contribution in [3.63, 3.8) is 0 Å². The summed E-state index contributed by atoms with van der Waals surface area (Å²) >= 11 is 0. The summed E-state index contributed by atoms with van der Waals surface area (Å²) in [6.45, 7) is 1.45. The summed E-state index contributed by atoms with van der Waals surface area (Å²) in [6, 6.07) is 9.83. The molecule has 1 aromatic carbocycles. The molecule has 104 valence electrons. The number of benzene rings is 1. The smallest absolute Gasteiger partial charge is 0.239 e. The normalized spacial score (nSPS) is 21.2. The first-order valence-corrected chi connectivity index (χ1v) is 7.00. The maximum Gasteiger partial charge on any atom is 0.239 e. The Balaban J connectivity index is 1.82. The van der Waals surface area contributed by atoms with Gasteiger partial charge in [-0.3, -0.25) is 4.79 Å². The number of rotatable bonds is 4. The first-order chi connectivity index (χ1) is 9.16. The zero-order valence-corrected chi connectivity index (χ0v) is 11.3. The van der Waals surface area contributed by atoms with E-state index >= 15 is 0 Å². The van der Waals surface area contributed by atoms with Crippen LogP contribution in [-0.4, -0.2) is 36.0 Å². The van der Waals surface area contributed by atoms with Crippen LogP contribution in [0.4, 0.5) is 0 Å². The summed E-state index contributed by atoms with van der Waals surface area (Å²) in [7, 11) is 0. The van der Waals surface area contributed by atoms with Crippen LogP contribution >= 0.6 is 0 Å². The number of carbonyl (C=O) groups excluding carboxylic acids is 1. The van der Waals surface area contributed by atoms with Crippen LogP contribution in [0.1, 0.15) is 24.8 Å². The van der Waals surface area contributed by atoms with Crippen molar-refractivity contribution in [2.24, 2.45) is 11.5 Å². The topological polar surface area (TPSA) is 72.3 Å². The quantitative estimate of drug-likeness (QED) is 0.845. The number of hydrogen-bond acceptors (Lipinski definition) is 3. The van der Waals surface area contributed by atoms with Gasteiger partial charge >= 0.3 is 0 Å². The van der Waals surface area contributed by atoms with Crippen LogP contribution in [0.5, 0.6) is 0 Å². The number of nitrogens with two attached hydrogens (primary N) is 2. The summed E-state index contributed by atoms with van der Waals surface area (Å²) < 4.78 is 0. The van der Waals surface area contributed by atoms with Crippen molar-refractivity contribution in [1.82, 2.24) is 4.90 Å². The number of carbonyl (C=O) groups is 1. The van der Waals surface area contributed by atoms with Crippen LogP contribution in [0.25, 0.3) is 0 Å². The lowest BCUT2D eigenvalue weighted by molar-refractivity contribution is -0.133. The minimum Gasteiger partial charge on any atom is -0.340 e. The molecule has 0 unspecified atom stereocenters. The van der Waals surface area contributed by atoms with E-state index in [1.165, 1.54) is 5.56 Å². The second-order valence-electron chi connectivity index (χ2n) is 5.32. The maximum absolute atomic E-state index is 12.2. The van der Waals surface area contributed by atoms with Crippen LogP contribution < -0.4 is 11.5 Å². The third-order valence-electron chi connectivity index (χ3n) is 3.67. The Labute approximate surface area is 114 Å². The Hall–Kier alpha value is -1.39. The number of nitrogens with zero attached hydrogens (tertiary/aromatic N) is 1. The molecule has 4 nitrogen and oxygen atoms in total. The van der Waals surface area contributed by atoms with E-state index in [2.05, 4.69) is 12.1 Å². The van der Waals surface area contributed by atoms with Gasteiger partial charge in [0.05, 0.1) is 6.04 Å². The van der Waals surface area contributed by atoms with Crippen LogP contribution in [0.3, 0.4) is 0 Å². The molecule has 1 amide bonds. The molecule has 1 aliphatic heterocycles. The Kier molecular flexibility index (Phi) is 4.93. The molecule has 2 atom stereocenters. The van der Waals surface area contributed by atoms with Crippen LogP contribution in [0.15, 0.2) is 30.3 Å². The van der Waals surface area contributed by atoms with Gasteiger partial charge in [0.15, 0.2) is 0 Å². The maximum atomic E-state index is 12.2. The van der Waals surface area contributed by atoms with Crippen LogP contribution in [-0.2, 0) is 11.2 Å². The van der Waals surface area contributed by atoms with Gasteiger partial charge in [-0.15, -0.1) is 0 Å². The Bertz CT molecular complexity index is 407. The molecule has 1 heterocycles. The van der Waals surface area contributed by atoms with E-state index in [9.17, 15) is 4.79 Å². The fourth-order valence-corrected chi connectivity index (χ4v) is 2.53. The van der Waals surface area contributed by atoms with Crippen LogP contribution in [0.2, 0.25) is 0 Å². The van der Waals surface area contributed by atoms with Gasteiger partial charge in [0, 0.05) is 19.1 Å². The van der Waals surface area contributed by atoms with Crippen molar-refractivity contribution in [3.8, 4) is 0 Å². The van der Waals surface area contributed by atoms with Gasteiger partial charge < -0.3 is 16.4 Å². The molecule has 1 aliphatic rings. The minimum atomic E-state index is -0.412. The third kappa shape index (κ3) is 4.04. The lowest BCUT2D eigenvalue weighted by Gasteiger charge is -2.32. The van der Waals surface area contributed by atoms with Crippen molar-refractivity contribution in [1.29, 1.82) is 0 Å². The van der Waals surface area contributed by atoms with E-state index in [1.54, 1.807) is 0 Å². The molecule has 1 fully saturated rings. The summed E-state index contributed by atoms with van der Waals surface area (Å²) in [5, 5.41) is 0. The van der Waals surface area contributed by atoms with Crippen molar-refractivity contribution in [2.75, 3.05) is 13.1 Å². The lowest BCUT2D eigenvalue weighted by atomic mass is 10.0. The first kappa shape index (κ1) is 14.0. The molecular weight excluding hydrogens is 238 g/mol. The highest BCUT2D eigenvalue weighted by molar-refractivity contribution is 5.81. The van der Waals surface area contributed by atoms with E-state index in [0.717, 1.165) is 25.8 Å². The van der Waals surface area contributed by atoms with E-state index in [4.69, 9.17) is 11.5 Å². The SMILES string of the molecule is N[C@@H]1CCCN(C(=O)[C@@H](N)CCc2ccccc2)C1. The molecule has 1 saturated heterocycles. The number of amides is 1. The molecular formula is C15H23N3O. The minimum absolute atomic E-state index is 0.0473. The van der Waals surface area contributed by atoms with E-state index < -0.39 is 6.04 Å². The van der Waals surface area contributed by atoms with Gasteiger partial charge in [-0.25, -0.2) is 0 Å². The van der Waals surface area contributed by atoms with Crippen molar-refractivity contribution in [2.45, 2.75) is 37.8 Å². The zero-order valence-electron chi connectivity index (χ0n) is 11.3. The van der Waals surface area contributed by atoms with E-state index in [0.29, 0.717) is 13.0 Å². The first-order valence-electron chi connectivity index (χ1n) is 7.00. The number of aryl methyl sites for hydroxylation is 1. The number of piperidine rings is 1. The van der Waals surface area contributed by atoms with E-state index in [-0.39, 0.29) is 11.9 Å². The predicted molar refractivity (Wildman–Crippen MR) is 76.5 cm³/mol. The Morgan fingerprint density at radius 3 is 2.79 bits per heavy atom. The van der Waals surface area contributed by atoms with Crippen molar-refractivity contribution >= 4 is 5.91 Å². The van der Waals surface area contributed by atoms with E-state index in [1.807, 2.05) is 23.1 Å². The highest BCUT2D eigenvalue weighted by Crippen LogP contribution is 2.11.